The van der Waals surface area contributed by atoms with Gasteiger partial charge >= 0.3 is 5.97 Å². The predicted molar refractivity (Wildman–Crippen MR) is 57.8 cm³/mol. The first-order valence-corrected chi connectivity index (χ1v) is 4.86. The second kappa shape index (κ2) is 4.04. The highest BCUT2D eigenvalue weighted by atomic mass is 127. The Balaban J connectivity index is 3.28. The summed E-state index contributed by atoms with van der Waals surface area (Å²) in [6.45, 7) is 3.78. The number of rotatable bonds is 1. The summed E-state index contributed by atoms with van der Waals surface area (Å²) in [5.41, 5.74) is 2.38. The average molecular weight is 291 g/mol. The molecule has 1 heterocycles. The molecule has 0 N–H and O–H groups in total. The fraction of sp³-hybridized carbons (Fsp3) is 0.333. The fourth-order valence-electron chi connectivity index (χ4n) is 1.14. The molecule has 0 bridgehead atoms. The molecule has 70 valence electrons. The van der Waals surface area contributed by atoms with E-state index in [0.717, 1.165) is 11.3 Å². The van der Waals surface area contributed by atoms with E-state index in [1.54, 1.807) is 0 Å². The van der Waals surface area contributed by atoms with Crippen molar-refractivity contribution in [2.75, 3.05) is 7.11 Å². The van der Waals surface area contributed by atoms with E-state index < -0.39 is 0 Å². The molecule has 0 radical (unpaired) electrons. The number of methoxy groups -OCH3 is 1. The van der Waals surface area contributed by atoms with Gasteiger partial charge in [0.15, 0.2) is 0 Å². The number of nitrogens with zero attached hydrogens (tertiary/aromatic N) is 1. The van der Waals surface area contributed by atoms with E-state index in [0.29, 0.717) is 9.26 Å². The van der Waals surface area contributed by atoms with Crippen LogP contribution in [-0.4, -0.2) is 18.1 Å². The van der Waals surface area contributed by atoms with Gasteiger partial charge in [-0.25, -0.2) is 9.78 Å². The summed E-state index contributed by atoms with van der Waals surface area (Å²) in [6.07, 6.45) is 0. The van der Waals surface area contributed by atoms with Crippen molar-refractivity contribution >= 4 is 28.6 Å². The van der Waals surface area contributed by atoms with Gasteiger partial charge in [-0.15, -0.1) is 0 Å². The standard InChI is InChI=1S/C9H10INO2/c1-5-4-6(2)11-8(10)7(5)9(12)13-3/h4H,1-3H3. The lowest BCUT2D eigenvalue weighted by Crippen LogP contribution is -2.08. The molecule has 4 heteroatoms. The van der Waals surface area contributed by atoms with Crippen LogP contribution in [0, 0.1) is 17.5 Å². The predicted octanol–water partition coefficient (Wildman–Crippen LogP) is 2.09. The van der Waals surface area contributed by atoms with Crippen LogP contribution in [0.4, 0.5) is 0 Å². The van der Waals surface area contributed by atoms with E-state index in [-0.39, 0.29) is 5.97 Å². The molecule has 0 aliphatic rings. The number of hydrogen-bond acceptors (Lipinski definition) is 3. The van der Waals surface area contributed by atoms with E-state index in [2.05, 4.69) is 9.72 Å². The number of aromatic nitrogens is 1. The monoisotopic (exact) mass is 291 g/mol. The van der Waals surface area contributed by atoms with Crippen molar-refractivity contribution in [3.05, 3.63) is 26.6 Å². The van der Waals surface area contributed by atoms with Gasteiger partial charge in [-0.05, 0) is 48.1 Å². The number of aryl methyl sites for hydroxylation is 2. The van der Waals surface area contributed by atoms with Gasteiger partial charge in [-0.2, -0.15) is 0 Å². The second-order valence-corrected chi connectivity index (χ2v) is 3.76. The van der Waals surface area contributed by atoms with Gasteiger partial charge in [-0.3, -0.25) is 0 Å². The van der Waals surface area contributed by atoms with Crippen molar-refractivity contribution in [2.45, 2.75) is 13.8 Å². The van der Waals surface area contributed by atoms with Crippen molar-refractivity contribution < 1.29 is 9.53 Å². The molecule has 0 aliphatic heterocycles. The van der Waals surface area contributed by atoms with Crippen molar-refractivity contribution in [3.8, 4) is 0 Å². The van der Waals surface area contributed by atoms with Gasteiger partial charge < -0.3 is 4.74 Å². The van der Waals surface area contributed by atoms with Crippen molar-refractivity contribution in [1.29, 1.82) is 0 Å². The molecule has 13 heavy (non-hydrogen) atoms. The summed E-state index contributed by atoms with van der Waals surface area (Å²) >= 11 is 2.04. The lowest BCUT2D eigenvalue weighted by atomic mass is 10.1. The highest BCUT2D eigenvalue weighted by Crippen LogP contribution is 2.16. The first kappa shape index (κ1) is 10.4. The zero-order valence-electron chi connectivity index (χ0n) is 7.72. The molecular weight excluding hydrogens is 281 g/mol. The van der Waals surface area contributed by atoms with Crippen molar-refractivity contribution in [2.24, 2.45) is 0 Å². The summed E-state index contributed by atoms with van der Waals surface area (Å²) in [6, 6.07) is 1.87. The highest BCUT2D eigenvalue weighted by Gasteiger charge is 2.14. The van der Waals surface area contributed by atoms with Crippen LogP contribution in [0.5, 0.6) is 0 Å². The third-order valence-electron chi connectivity index (χ3n) is 1.69. The molecular formula is C9H10INO2. The number of carbonyl (C=O) groups excluding carboxylic acids is 1. The molecule has 0 spiro atoms. The Bertz CT molecular complexity index is 326. The molecule has 1 aromatic heterocycles. The zero-order chi connectivity index (χ0) is 10.0. The molecule has 0 unspecified atom stereocenters. The summed E-state index contributed by atoms with van der Waals surface area (Å²) in [4.78, 5) is 15.5. The fourth-order valence-corrected chi connectivity index (χ4v) is 2.16. The summed E-state index contributed by atoms with van der Waals surface area (Å²) in [7, 11) is 1.37. The van der Waals surface area contributed by atoms with E-state index in [1.807, 2.05) is 42.5 Å². The maximum Gasteiger partial charge on any atom is 0.340 e. The molecule has 0 aliphatic carbocycles. The van der Waals surface area contributed by atoms with Gasteiger partial charge in [0.1, 0.15) is 3.70 Å². The van der Waals surface area contributed by atoms with Gasteiger partial charge in [0.05, 0.1) is 12.7 Å². The van der Waals surface area contributed by atoms with Crippen LogP contribution in [0.1, 0.15) is 21.6 Å². The molecule has 0 amide bonds. The normalized spacial score (nSPS) is 9.85. The molecule has 0 fully saturated rings. The van der Waals surface area contributed by atoms with Crippen molar-refractivity contribution in [1.82, 2.24) is 4.98 Å². The maximum absolute atomic E-state index is 11.3. The minimum atomic E-state index is -0.325. The average Bonchev–Trinajstić information content (AvgIpc) is 2.02. The minimum absolute atomic E-state index is 0.325. The molecule has 0 saturated heterocycles. The number of esters is 1. The van der Waals surface area contributed by atoms with Crippen LogP contribution >= 0.6 is 22.6 Å². The van der Waals surface area contributed by atoms with Crippen LogP contribution < -0.4 is 0 Å². The van der Waals surface area contributed by atoms with Crippen LogP contribution in [0.25, 0.3) is 0 Å². The molecule has 1 aromatic rings. The SMILES string of the molecule is COC(=O)c1c(C)cc(C)nc1I. The van der Waals surface area contributed by atoms with Gasteiger partial charge in [0.25, 0.3) is 0 Å². The Morgan fingerprint density at radius 1 is 1.54 bits per heavy atom. The van der Waals surface area contributed by atoms with Crippen LogP contribution in [0.3, 0.4) is 0 Å². The van der Waals surface area contributed by atoms with E-state index in [1.165, 1.54) is 7.11 Å². The summed E-state index contributed by atoms with van der Waals surface area (Å²) in [5, 5.41) is 0. The lowest BCUT2D eigenvalue weighted by molar-refractivity contribution is 0.0598. The van der Waals surface area contributed by atoms with E-state index in [9.17, 15) is 4.79 Å². The maximum atomic E-state index is 11.3. The Morgan fingerprint density at radius 2 is 2.15 bits per heavy atom. The number of halogens is 1. The van der Waals surface area contributed by atoms with Crippen LogP contribution in [0.15, 0.2) is 6.07 Å². The smallest absolute Gasteiger partial charge is 0.340 e. The molecule has 1 rings (SSSR count). The Labute approximate surface area is 90.6 Å². The van der Waals surface area contributed by atoms with Gasteiger partial charge in [0, 0.05) is 5.69 Å². The first-order valence-electron chi connectivity index (χ1n) is 3.78. The zero-order valence-corrected chi connectivity index (χ0v) is 9.88. The van der Waals surface area contributed by atoms with E-state index >= 15 is 0 Å². The Hall–Kier alpha value is -0.650. The first-order chi connectivity index (χ1) is 6.06. The van der Waals surface area contributed by atoms with Crippen molar-refractivity contribution in [3.63, 3.8) is 0 Å². The summed E-state index contributed by atoms with van der Waals surface area (Å²) in [5.74, 6) is -0.325. The molecule has 0 aromatic carbocycles. The van der Waals surface area contributed by atoms with Crippen LogP contribution in [-0.2, 0) is 4.74 Å². The van der Waals surface area contributed by atoms with Crippen LogP contribution in [0.2, 0.25) is 0 Å². The molecule has 3 nitrogen and oxygen atoms in total. The topological polar surface area (TPSA) is 39.2 Å². The molecule has 0 atom stereocenters. The minimum Gasteiger partial charge on any atom is -0.465 e. The third kappa shape index (κ3) is 2.18. The largest absolute Gasteiger partial charge is 0.465 e. The van der Waals surface area contributed by atoms with E-state index in [4.69, 9.17) is 0 Å². The number of hydrogen-bond donors (Lipinski definition) is 0. The Morgan fingerprint density at radius 3 is 2.62 bits per heavy atom. The highest BCUT2D eigenvalue weighted by molar-refractivity contribution is 14.1. The summed E-state index contributed by atoms with van der Waals surface area (Å²) < 4.78 is 5.35. The second-order valence-electron chi connectivity index (χ2n) is 2.74. The third-order valence-corrected chi connectivity index (χ3v) is 2.47. The quantitative estimate of drug-likeness (QED) is 0.452. The molecule has 0 saturated carbocycles. The number of carbonyl (C=O) groups is 1. The lowest BCUT2D eigenvalue weighted by Gasteiger charge is -2.06. The number of ether oxygens (including phenoxy) is 1. The van der Waals surface area contributed by atoms with Gasteiger partial charge in [0.2, 0.25) is 0 Å². The Kier molecular flexibility index (Phi) is 3.24. The van der Waals surface area contributed by atoms with Gasteiger partial charge in [-0.1, -0.05) is 0 Å². The number of pyridine rings is 1.